The Morgan fingerprint density at radius 1 is 1.00 bits per heavy atom. The number of carbonyl (C=O) groups is 2. The number of ether oxygens (including phenoxy) is 2. The van der Waals surface area contributed by atoms with Gasteiger partial charge in [0.15, 0.2) is 0 Å². The molecule has 0 bridgehead atoms. The minimum atomic E-state index is -0.723. The van der Waals surface area contributed by atoms with Crippen molar-refractivity contribution in [2.45, 2.75) is 32.9 Å². The second-order valence-electron chi connectivity index (χ2n) is 6.36. The first kappa shape index (κ1) is 19.5. The summed E-state index contributed by atoms with van der Waals surface area (Å²) in [7, 11) is 1.32. The maximum absolute atomic E-state index is 12.0. The molecule has 2 rings (SSSR count). The molecule has 0 aliphatic carbocycles. The van der Waals surface area contributed by atoms with Crippen molar-refractivity contribution in [1.29, 1.82) is 0 Å². The van der Waals surface area contributed by atoms with Crippen molar-refractivity contribution in [2.75, 3.05) is 7.11 Å². The van der Waals surface area contributed by atoms with Gasteiger partial charge in [-0.1, -0.05) is 56.3 Å². The molecule has 0 heterocycles. The summed E-state index contributed by atoms with van der Waals surface area (Å²) in [6.07, 6.45) is 0.341. The molecule has 2 aromatic rings. The monoisotopic (exact) mass is 355 g/mol. The van der Waals surface area contributed by atoms with E-state index in [2.05, 4.69) is 5.32 Å². The fraction of sp³-hybridized carbons (Fsp3) is 0.333. The number of methoxy groups -OCH3 is 1. The smallest absolute Gasteiger partial charge is 0.328 e. The van der Waals surface area contributed by atoms with Gasteiger partial charge in [-0.05, 0) is 23.3 Å². The molecule has 0 aliphatic heterocycles. The van der Waals surface area contributed by atoms with Crippen molar-refractivity contribution in [3.8, 4) is 5.75 Å². The lowest BCUT2D eigenvalue weighted by Gasteiger charge is -2.18. The van der Waals surface area contributed by atoms with E-state index >= 15 is 0 Å². The molecule has 5 heteroatoms. The maximum atomic E-state index is 12.0. The number of rotatable bonds is 8. The molecule has 138 valence electrons. The van der Waals surface area contributed by atoms with Crippen molar-refractivity contribution < 1.29 is 19.1 Å². The van der Waals surface area contributed by atoms with E-state index in [-0.39, 0.29) is 11.8 Å². The Morgan fingerprint density at radius 3 is 2.35 bits per heavy atom. The zero-order valence-corrected chi connectivity index (χ0v) is 15.4. The molecule has 5 nitrogen and oxygen atoms in total. The summed E-state index contributed by atoms with van der Waals surface area (Å²) in [4.78, 5) is 23.9. The molecule has 1 amide bonds. The van der Waals surface area contributed by atoms with Gasteiger partial charge in [-0.2, -0.15) is 0 Å². The van der Waals surface area contributed by atoms with Crippen molar-refractivity contribution in [3.63, 3.8) is 0 Å². The summed E-state index contributed by atoms with van der Waals surface area (Å²) in [6.45, 7) is 4.03. The Hall–Kier alpha value is -2.82. The van der Waals surface area contributed by atoms with Crippen LogP contribution in [0.3, 0.4) is 0 Å². The molecular weight excluding hydrogens is 330 g/mol. The van der Waals surface area contributed by atoms with E-state index in [1.165, 1.54) is 7.11 Å². The molecule has 26 heavy (non-hydrogen) atoms. The minimum Gasteiger partial charge on any atom is -0.489 e. The number of hydrogen-bond donors (Lipinski definition) is 1. The topological polar surface area (TPSA) is 64.6 Å². The predicted molar refractivity (Wildman–Crippen MR) is 99.7 cm³/mol. The second-order valence-corrected chi connectivity index (χ2v) is 6.36. The van der Waals surface area contributed by atoms with Crippen molar-refractivity contribution in [3.05, 3.63) is 65.7 Å². The molecule has 0 spiro atoms. The van der Waals surface area contributed by atoms with Crippen LogP contribution in [0, 0.1) is 5.92 Å². The predicted octanol–water partition coefficient (Wildman–Crippen LogP) is 3.12. The van der Waals surface area contributed by atoms with Crippen LogP contribution >= 0.6 is 0 Å². The molecule has 0 saturated carbocycles. The van der Waals surface area contributed by atoms with E-state index in [0.717, 1.165) is 11.1 Å². The molecule has 0 aliphatic rings. The Balaban J connectivity index is 2.04. The number of esters is 1. The normalized spacial score (nSPS) is 11.7. The van der Waals surface area contributed by atoms with Crippen LogP contribution < -0.4 is 10.1 Å². The fourth-order valence-corrected chi connectivity index (χ4v) is 2.41. The van der Waals surface area contributed by atoms with Gasteiger partial charge in [-0.15, -0.1) is 0 Å². The molecule has 0 saturated heterocycles. The average molecular weight is 355 g/mol. The van der Waals surface area contributed by atoms with Gasteiger partial charge < -0.3 is 14.8 Å². The molecule has 2 aromatic carbocycles. The molecule has 1 atom stereocenters. The third-order valence-corrected chi connectivity index (χ3v) is 3.91. The number of amides is 1. The summed E-state index contributed by atoms with van der Waals surface area (Å²) in [5.74, 6) is -0.139. The first-order chi connectivity index (χ1) is 12.5. The van der Waals surface area contributed by atoms with E-state index in [0.29, 0.717) is 18.8 Å². The zero-order valence-electron chi connectivity index (χ0n) is 15.4. The third kappa shape index (κ3) is 5.92. The summed E-state index contributed by atoms with van der Waals surface area (Å²) in [5, 5.41) is 2.74. The first-order valence-electron chi connectivity index (χ1n) is 8.63. The van der Waals surface area contributed by atoms with Crippen LogP contribution in [0.5, 0.6) is 5.75 Å². The highest BCUT2D eigenvalue weighted by Gasteiger charge is 2.23. The lowest BCUT2D eigenvalue weighted by Crippen LogP contribution is -2.44. The van der Waals surface area contributed by atoms with E-state index in [1.54, 1.807) is 13.8 Å². The zero-order chi connectivity index (χ0) is 18.9. The lowest BCUT2D eigenvalue weighted by molar-refractivity contribution is -0.145. The Labute approximate surface area is 154 Å². The van der Waals surface area contributed by atoms with Gasteiger partial charge >= 0.3 is 5.97 Å². The quantitative estimate of drug-likeness (QED) is 0.739. The van der Waals surface area contributed by atoms with Gasteiger partial charge in [0, 0.05) is 12.3 Å². The van der Waals surface area contributed by atoms with Crippen LogP contribution in [0.2, 0.25) is 0 Å². The summed E-state index contributed by atoms with van der Waals surface area (Å²) in [5.41, 5.74) is 1.96. The summed E-state index contributed by atoms with van der Waals surface area (Å²) >= 11 is 0. The maximum Gasteiger partial charge on any atom is 0.328 e. The average Bonchev–Trinajstić information content (AvgIpc) is 2.66. The Morgan fingerprint density at radius 2 is 1.69 bits per heavy atom. The van der Waals surface area contributed by atoms with Gasteiger partial charge in [0.1, 0.15) is 18.4 Å². The van der Waals surface area contributed by atoms with Crippen LogP contribution in [-0.4, -0.2) is 25.0 Å². The molecule has 0 radical (unpaired) electrons. The van der Waals surface area contributed by atoms with Crippen LogP contribution in [0.25, 0.3) is 0 Å². The number of nitrogens with one attached hydrogen (secondary N) is 1. The number of carbonyl (C=O) groups excluding carboxylic acids is 2. The number of benzene rings is 2. The minimum absolute atomic E-state index is 0.183. The Bertz CT molecular complexity index is 728. The highest BCUT2D eigenvalue weighted by atomic mass is 16.5. The van der Waals surface area contributed by atoms with Gasteiger partial charge in [-0.25, -0.2) is 4.79 Å². The highest BCUT2D eigenvalue weighted by Crippen LogP contribution is 2.17. The molecule has 0 unspecified atom stereocenters. The van der Waals surface area contributed by atoms with Crippen molar-refractivity contribution >= 4 is 11.9 Å². The highest BCUT2D eigenvalue weighted by molar-refractivity contribution is 5.85. The van der Waals surface area contributed by atoms with Gasteiger partial charge in [0.05, 0.1) is 7.11 Å². The largest absolute Gasteiger partial charge is 0.489 e. The van der Waals surface area contributed by atoms with Gasteiger partial charge in [0.2, 0.25) is 5.91 Å². The molecule has 0 fully saturated rings. The van der Waals surface area contributed by atoms with Gasteiger partial charge in [-0.3, -0.25) is 4.79 Å². The van der Waals surface area contributed by atoms with Crippen molar-refractivity contribution in [1.82, 2.24) is 5.32 Å². The van der Waals surface area contributed by atoms with E-state index in [4.69, 9.17) is 9.47 Å². The molecule has 1 N–H and O–H groups in total. The SMILES string of the molecule is COC(=O)[C@@H](Cc1cccc(OCc2ccccc2)c1)NC(=O)C(C)C. The number of hydrogen-bond acceptors (Lipinski definition) is 4. The first-order valence-corrected chi connectivity index (χ1v) is 8.63. The van der Waals surface area contributed by atoms with Crippen LogP contribution in [0.15, 0.2) is 54.6 Å². The summed E-state index contributed by atoms with van der Waals surface area (Å²) < 4.78 is 10.6. The molecular formula is C21H25NO4. The standard InChI is InChI=1S/C21H25NO4/c1-15(2)20(23)22-19(21(24)25-3)13-17-10-7-11-18(12-17)26-14-16-8-5-4-6-9-16/h4-12,15,19H,13-14H2,1-3H3,(H,22,23)/t19-/m1/s1. The summed E-state index contributed by atoms with van der Waals surface area (Å²) in [6, 6.07) is 16.7. The third-order valence-electron chi connectivity index (χ3n) is 3.91. The van der Waals surface area contributed by atoms with Crippen molar-refractivity contribution in [2.24, 2.45) is 5.92 Å². The van der Waals surface area contributed by atoms with E-state index in [9.17, 15) is 9.59 Å². The fourth-order valence-electron chi connectivity index (χ4n) is 2.41. The lowest BCUT2D eigenvalue weighted by atomic mass is 10.0. The van der Waals surface area contributed by atoms with Crippen LogP contribution in [0.1, 0.15) is 25.0 Å². The van der Waals surface area contributed by atoms with E-state index in [1.807, 2.05) is 54.6 Å². The molecule has 0 aromatic heterocycles. The van der Waals surface area contributed by atoms with Crippen LogP contribution in [-0.2, 0) is 27.4 Å². The Kier molecular flexibility index (Phi) is 7.21. The van der Waals surface area contributed by atoms with E-state index < -0.39 is 12.0 Å². The van der Waals surface area contributed by atoms with Crippen LogP contribution in [0.4, 0.5) is 0 Å². The second kappa shape index (κ2) is 9.61. The van der Waals surface area contributed by atoms with Gasteiger partial charge in [0.25, 0.3) is 0 Å².